The zero-order valence-corrected chi connectivity index (χ0v) is 34.5. The molecule has 1 aromatic heterocycles. The second-order valence-corrected chi connectivity index (χ2v) is 16.9. The lowest BCUT2D eigenvalue weighted by Gasteiger charge is -2.22. The third kappa shape index (κ3) is 5.49. The van der Waals surface area contributed by atoms with Gasteiger partial charge in [-0.1, -0.05) is 158 Å². The molecule has 1 heteroatoms. The van der Waals surface area contributed by atoms with E-state index in [-0.39, 0.29) is 0 Å². The van der Waals surface area contributed by atoms with E-state index in [1.54, 1.807) is 0 Å². The number of rotatable bonds is 6. The van der Waals surface area contributed by atoms with Gasteiger partial charge in [-0.05, 0) is 151 Å². The van der Waals surface area contributed by atoms with E-state index in [0.717, 1.165) is 0 Å². The van der Waals surface area contributed by atoms with Gasteiger partial charge in [0.25, 0.3) is 0 Å². The summed E-state index contributed by atoms with van der Waals surface area (Å²) in [5.74, 6) is 0. The van der Waals surface area contributed by atoms with Crippen molar-refractivity contribution in [2.75, 3.05) is 0 Å². The lowest BCUT2D eigenvalue weighted by atomic mass is 9.81. The standard InChI is InChI=1S/C57H44S/c1-7-8-22-40-38(6)53(41-23-9-12-26-44(41)55(40)51-34(2)18-15-19-35(51)3)48-30-17-29-47-49-33-39(31-32-50(49)58-57(47)48)54-42-24-10-13-27-45(42)56(46-28-14-11-25-43(46)54)52-36(4)20-16-21-37(52)5/h7-33H,1H2,2-6H3/b22-8-. The molecule has 0 amide bonds. The van der Waals surface area contributed by atoms with Gasteiger partial charge in [0.1, 0.15) is 0 Å². The molecule has 0 N–H and O–H groups in total. The van der Waals surface area contributed by atoms with Crippen LogP contribution in [0.3, 0.4) is 0 Å². The van der Waals surface area contributed by atoms with Crippen LogP contribution >= 0.6 is 11.3 Å². The minimum absolute atomic E-state index is 1.24. The van der Waals surface area contributed by atoms with Crippen LogP contribution in [0, 0.1) is 34.6 Å². The lowest BCUT2D eigenvalue weighted by Crippen LogP contribution is -1.98. The first-order chi connectivity index (χ1) is 28.4. The van der Waals surface area contributed by atoms with Gasteiger partial charge in [0.15, 0.2) is 0 Å². The highest BCUT2D eigenvalue weighted by Gasteiger charge is 2.23. The molecule has 10 rings (SSSR count). The first-order valence-corrected chi connectivity index (χ1v) is 21.0. The van der Waals surface area contributed by atoms with E-state index in [4.69, 9.17) is 0 Å². The smallest absolute Gasteiger partial charge is 0.0434 e. The van der Waals surface area contributed by atoms with E-state index in [2.05, 4.69) is 199 Å². The van der Waals surface area contributed by atoms with Crippen molar-refractivity contribution in [1.29, 1.82) is 0 Å². The fourth-order valence-electron chi connectivity index (χ4n) is 9.85. The second-order valence-electron chi connectivity index (χ2n) is 15.8. The number of allylic oxidation sites excluding steroid dienone is 2. The van der Waals surface area contributed by atoms with Gasteiger partial charge in [0, 0.05) is 25.7 Å². The number of hydrogen-bond acceptors (Lipinski definition) is 1. The topological polar surface area (TPSA) is 0 Å². The predicted octanol–water partition coefficient (Wildman–Crippen LogP) is 16.9. The first-order valence-electron chi connectivity index (χ1n) is 20.2. The molecule has 278 valence electrons. The molecule has 0 aliphatic rings. The number of aryl methyl sites for hydroxylation is 4. The Kier molecular flexibility index (Phi) is 8.73. The summed E-state index contributed by atoms with van der Waals surface area (Å²) >= 11 is 1.91. The molecule has 9 aromatic carbocycles. The molecule has 0 saturated carbocycles. The third-order valence-electron chi connectivity index (χ3n) is 12.4. The maximum absolute atomic E-state index is 4.05. The molecule has 0 bridgehead atoms. The molecule has 0 radical (unpaired) electrons. The van der Waals surface area contributed by atoms with Gasteiger partial charge < -0.3 is 0 Å². The van der Waals surface area contributed by atoms with Crippen LogP contribution in [0.1, 0.15) is 33.4 Å². The molecule has 10 aromatic rings. The minimum Gasteiger partial charge on any atom is -0.135 e. The molecule has 0 aliphatic carbocycles. The molecule has 58 heavy (non-hydrogen) atoms. The van der Waals surface area contributed by atoms with Crippen LogP contribution in [-0.4, -0.2) is 0 Å². The van der Waals surface area contributed by atoms with Crippen molar-refractivity contribution in [2.24, 2.45) is 0 Å². The number of benzene rings is 9. The van der Waals surface area contributed by atoms with Crippen LogP contribution in [0.25, 0.3) is 103 Å². The van der Waals surface area contributed by atoms with Crippen LogP contribution in [-0.2, 0) is 0 Å². The van der Waals surface area contributed by atoms with Gasteiger partial charge >= 0.3 is 0 Å². The van der Waals surface area contributed by atoms with E-state index in [1.165, 1.54) is 130 Å². The van der Waals surface area contributed by atoms with Crippen molar-refractivity contribution in [3.05, 3.63) is 198 Å². The van der Waals surface area contributed by atoms with Crippen molar-refractivity contribution < 1.29 is 0 Å². The molecule has 0 fully saturated rings. The Morgan fingerprint density at radius 3 is 1.43 bits per heavy atom. The van der Waals surface area contributed by atoms with Crippen LogP contribution in [0.4, 0.5) is 0 Å². The molecule has 0 spiro atoms. The Balaban J connectivity index is 1.24. The third-order valence-corrected chi connectivity index (χ3v) is 13.6. The fraction of sp³-hybridized carbons (Fsp3) is 0.0877. The number of thiophene rings is 1. The van der Waals surface area contributed by atoms with Crippen LogP contribution in [0.5, 0.6) is 0 Å². The van der Waals surface area contributed by atoms with Crippen LogP contribution < -0.4 is 0 Å². The van der Waals surface area contributed by atoms with Crippen molar-refractivity contribution >= 4 is 69.9 Å². The second kappa shape index (κ2) is 14.1. The molecule has 0 atom stereocenters. The molecule has 0 nitrogen and oxygen atoms in total. The first kappa shape index (κ1) is 35.8. The van der Waals surface area contributed by atoms with Gasteiger partial charge in [0.05, 0.1) is 0 Å². The Morgan fingerprint density at radius 1 is 0.414 bits per heavy atom. The van der Waals surface area contributed by atoms with E-state index >= 15 is 0 Å². The average molecular weight is 761 g/mol. The average Bonchev–Trinajstić information content (AvgIpc) is 3.61. The molecule has 0 unspecified atom stereocenters. The van der Waals surface area contributed by atoms with E-state index < -0.39 is 0 Å². The Bertz CT molecular complexity index is 3250. The van der Waals surface area contributed by atoms with Gasteiger partial charge in [-0.15, -0.1) is 11.3 Å². The monoisotopic (exact) mass is 760 g/mol. The summed E-state index contributed by atoms with van der Waals surface area (Å²) in [6.45, 7) is 15.3. The largest absolute Gasteiger partial charge is 0.135 e. The SMILES string of the molecule is C=C/C=C\c1c(C)c(-c2cccc3c2sc2ccc(-c4c5ccccc5c(-c5c(C)cccc5C)c5ccccc45)cc23)c2ccccc2c1-c1c(C)cccc1C. The summed E-state index contributed by atoms with van der Waals surface area (Å²) < 4.78 is 2.62. The molecule has 0 saturated heterocycles. The van der Waals surface area contributed by atoms with Gasteiger partial charge in [-0.2, -0.15) is 0 Å². The maximum Gasteiger partial charge on any atom is 0.0434 e. The zero-order valence-electron chi connectivity index (χ0n) is 33.7. The molecular weight excluding hydrogens is 717 g/mol. The summed E-state index contributed by atoms with van der Waals surface area (Å²) in [4.78, 5) is 0. The van der Waals surface area contributed by atoms with Crippen molar-refractivity contribution in [1.82, 2.24) is 0 Å². The highest BCUT2D eigenvalue weighted by Crippen LogP contribution is 2.50. The van der Waals surface area contributed by atoms with Gasteiger partial charge in [-0.3, -0.25) is 0 Å². The zero-order chi connectivity index (χ0) is 39.7. The molecule has 1 heterocycles. The predicted molar refractivity (Wildman–Crippen MR) is 257 cm³/mol. The summed E-state index contributed by atoms with van der Waals surface area (Å²) in [7, 11) is 0. The molecule has 0 aliphatic heterocycles. The number of fused-ring (bicyclic) bond motifs is 6. The molecular formula is C57H44S. The minimum atomic E-state index is 1.24. The normalized spacial score (nSPS) is 11.9. The van der Waals surface area contributed by atoms with Crippen LogP contribution in [0.15, 0.2) is 164 Å². The van der Waals surface area contributed by atoms with Crippen LogP contribution in [0.2, 0.25) is 0 Å². The van der Waals surface area contributed by atoms with Gasteiger partial charge in [0.2, 0.25) is 0 Å². The maximum atomic E-state index is 4.05. The van der Waals surface area contributed by atoms with Crippen molar-refractivity contribution in [3.63, 3.8) is 0 Å². The summed E-state index contributed by atoms with van der Waals surface area (Å²) in [5, 5.41) is 10.3. The summed E-state index contributed by atoms with van der Waals surface area (Å²) in [5.41, 5.74) is 18.1. The Hall–Kier alpha value is -6.54. The highest BCUT2D eigenvalue weighted by molar-refractivity contribution is 7.26. The highest BCUT2D eigenvalue weighted by atomic mass is 32.1. The quantitative estimate of drug-likeness (QED) is 0.117. The van der Waals surface area contributed by atoms with E-state index in [1.807, 2.05) is 17.4 Å². The summed E-state index contributed by atoms with van der Waals surface area (Å²) in [6.07, 6.45) is 6.23. The Labute approximate surface area is 345 Å². The number of hydrogen-bond donors (Lipinski definition) is 0. The Morgan fingerprint density at radius 2 is 0.879 bits per heavy atom. The van der Waals surface area contributed by atoms with Crippen molar-refractivity contribution in [3.8, 4) is 44.5 Å². The fourth-order valence-corrected chi connectivity index (χ4v) is 11.1. The summed E-state index contributed by atoms with van der Waals surface area (Å²) in [6, 6.07) is 54.4. The van der Waals surface area contributed by atoms with Crippen molar-refractivity contribution in [2.45, 2.75) is 34.6 Å². The van der Waals surface area contributed by atoms with E-state index in [9.17, 15) is 0 Å². The lowest BCUT2D eigenvalue weighted by molar-refractivity contribution is 1.37. The van der Waals surface area contributed by atoms with E-state index in [0.29, 0.717) is 0 Å². The van der Waals surface area contributed by atoms with Gasteiger partial charge in [-0.25, -0.2) is 0 Å².